The van der Waals surface area contributed by atoms with Crippen LogP contribution in [0.15, 0.2) is 0 Å². The van der Waals surface area contributed by atoms with Crippen LogP contribution in [0.4, 0.5) is 0 Å². The maximum Gasteiger partial charge on any atom is 1.00 e. The van der Waals surface area contributed by atoms with E-state index in [9.17, 15) is 19.8 Å². The fraction of sp³-hybridized carbons (Fsp3) is 0.917. The predicted octanol–water partition coefficient (Wildman–Crippen LogP) is -0.678. The van der Waals surface area contributed by atoms with Crippen LogP contribution in [0.25, 0.3) is 0 Å². The summed E-state index contributed by atoms with van der Waals surface area (Å²) < 4.78 is 0. The summed E-state index contributed by atoms with van der Waals surface area (Å²) in [6, 6.07) is 0. The minimum atomic E-state index is -0.913. The molecule has 0 aromatic carbocycles. The van der Waals surface area contributed by atoms with Crippen molar-refractivity contribution in [1.29, 1.82) is 0 Å². The van der Waals surface area contributed by atoms with Crippen LogP contribution in [0.5, 0.6) is 0 Å². The molecule has 0 spiro atoms. The second-order valence-corrected chi connectivity index (χ2v) is 7.90. The minimum absolute atomic E-state index is 0. The number of hydrogen-bond donors (Lipinski definition) is 0. The van der Waals surface area contributed by atoms with Crippen molar-refractivity contribution in [2.24, 2.45) is 0 Å². The molecule has 0 bridgehead atoms. The van der Waals surface area contributed by atoms with E-state index in [1.165, 1.54) is 89.9 Å². The molecule has 0 aliphatic heterocycles. The van der Waals surface area contributed by atoms with Gasteiger partial charge in [0.25, 0.3) is 0 Å². The van der Waals surface area contributed by atoms with E-state index in [1.54, 1.807) is 0 Å². The zero-order chi connectivity index (χ0) is 21.3. The predicted molar refractivity (Wildman–Crippen MR) is 114 cm³/mol. The third-order valence-electron chi connectivity index (χ3n) is 4.97. The number of hydrogen-bond acceptors (Lipinski definition) is 4. The summed E-state index contributed by atoms with van der Waals surface area (Å²) in [5.74, 6) is -1.82. The molecule has 0 saturated heterocycles. The van der Waals surface area contributed by atoms with Crippen molar-refractivity contribution in [3.8, 4) is 0 Å². The van der Waals surface area contributed by atoms with Crippen LogP contribution in [-0.2, 0) is 9.59 Å². The van der Waals surface area contributed by atoms with Crippen molar-refractivity contribution in [1.82, 2.24) is 0 Å². The van der Waals surface area contributed by atoms with Gasteiger partial charge in [-0.1, -0.05) is 117 Å². The van der Waals surface area contributed by atoms with Crippen LogP contribution in [0.3, 0.4) is 0 Å². The molecule has 0 aromatic rings. The molecule has 0 rings (SSSR count). The van der Waals surface area contributed by atoms with Gasteiger partial charge in [0.05, 0.1) is 0 Å². The Hall–Kier alpha value is 0.940. The first-order chi connectivity index (χ1) is 13.5. The fourth-order valence-corrected chi connectivity index (χ4v) is 3.16. The van der Waals surface area contributed by atoms with E-state index in [1.807, 2.05) is 0 Å². The van der Waals surface area contributed by atoms with Gasteiger partial charge >= 0.3 is 59.1 Å². The Morgan fingerprint density at radius 3 is 0.833 bits per heavy atom. The van der Waals surface area contributed by atoms with Crippen molar-refractivity contribution in [2.45, 2.75) is 142 Å². The summed E-state index contributed by atoms with van der Waals surface area (Å²) in [4.78, 5) is 20.2. The largest absolute Gasteiger partial charge is 1.00 e. The zero-order valence-electron chi connectivity index (χ0n) is 20.8. The Bertz CT molecular complexity index is 339. The quantitative estimate of drug-likeness (QED) is 0.184. The van der Waals surface area contributed by atoms with Crippen LogP contribution >= 0.6 is 0 Å². The van der Waals surface area contributed by atoms with E-state index in [4.69, 9.17) is 0 Å². The van der Waals surface area contributed by atoms with E-state index < -0.39 is 11.9 Å². The smallest absolute Gasteiger partial charge is 0.550 e. The maximum atomic E-state index is 10.1. The molecular formula is C24H46Na2O4. The number of rotatable bonds is 20. The van der Waals surface area contributed by atoms with Crippen molar-refractivity contribution in [2.75, 3.05) is 0 Å². The molecule has 6 heteroatoms. The van der Waals surface area contributed by atoms with Crippen LogP contribution in [-0.4, -0.2) is 11.9 Å². The molecule has 0 amide bonds. The summed E-state index contributed by atoms with van der Waals surface area (Å²) in [7, 11) is 0. The Morgan fingerprint density at radius 1 is 0.433 bits per heavy atom. The first kappa shape index (κ1) is 38.2. The molecule has 0 N–H and O–H groups in total. The molecule has 0 unspecified atom stereocenters. The van der Waals surface area contributed by atoms with E-state index in [-0.39, 0.29) is 72.0 Å². The Balaban J connectivity index is -0.000000219. The van der Waals surface area contributed by atoms with Crippen LogP contribution in [0, 0.1) is 0 Å². The maximum absolute atomic E-state index is 10.1. The van der Waals surface area contributed by atoms with E-state index in [0.29, 0.717) is 0 Å². The molecule has 0 atom stereocenters. The van der Waals surface area contributed by atoms with Gasteiger partial charge in [-0.25, -0.2) is 0 Å². The number of unbranched alkanes of at least 4 members (excludes halogenated alkanes) is 16. The molecule has 0 heterocycles. The second kappa shape index (κ2) is 34.6. The van der Waals surface area contributed by atoms with Crippen LogP contribution in [0.1, 0.15) is 142 Å². The number of carbonyl (C=O) groups is 2. The van der Waals surface area contributed by atoms with Gasteiger partial charge < -0.3 is 19.8 Å². The Labute approximate surface area is 231 Å². The van der Waals surface area contributed by atoms with E-state index in [0.717, 1.165) is 25.7 Å². The summed E-state index contributed by atoms with van der Waals surface area (Å²) >= 11 is 0. The fourth-order valence-electron chi connectivity index (χ4n) is 3.16. The van der Waals surface area contributed by atoms with Crippen molar-refractivity contribution < 1.29 is 78.9 Å². The first-order valence-electron chi connectivity index (χ1n) is 11.9. The van der Waals surface area contributed by atoms with Gasteiger partial charge in [-0.05, 0) is 25.7 Å². The van der Waals surface area contributed by atoms with Gasteiger partial charge in [-0.15, -0.1) is 0 Å². The summed E-state index contributed by atoms with van der Waals surface area (Å²) in [6.45, 7) is 4.43. The standard InChI is InChI=1S/C14H28O2.C10H20O2.2Na/c1-2-3-4-5-6-7-8-9-10-11-12-13-14(15)16;1-2-3-4-5-6-7-8-9-10(11)12;;/h2-13H2,1H3,(H,15,16);2-9H2,1H3,(H,11,12);;/q;;2*+1/p-2. The van der Waals surface area contributed by atoms with Crippen molar-refractivity contribution in [3.05, 3.63) is 0 Å². The Kier molecular flexibility index (Phi) is 44.0. The number of carboxylic acid groups (broad SMARTS) is 2. The van der Waals surface area contributed by atoms with E-state index in [2.05, 4.69) is 13.8 Å². The second-order valence-electron chi connectivity index (χ2n) is 7.90. The first-order valence-corrected chi connectivity index (χ1v) is 11.9. The molecule has 0 aromatic heterocycles. The molecule has 0 radical (unpaired) electrons. The van der Waals surface area contributed by atoms with Gasteiger partial charge in [-0.3, -0.25) is 0 Å². The van der Waals surface area contributed by atoms with Gasteiger partial charge in [0.2, 0.25) is 0 Å². The topological polar surface area (TPSA) is 80.3 Å². The van der Waals surface area contributed by atoms with Gasteiger partial charge in [-0.2, -0.15) is 0 Å². The Morgan fingerprint density at radius 2 is 0.633 bits per heavy atom. The van der Waals surface area contributed by atoms with Gasteiger partial charge in [0.15, 0.2) is 0 Å². The number of carbonyl (C=O) groups excluding carboxylic acids is 2. The van der Waals surface area contributed by atoms with Gasteiger partial charge in [0, 0.05) is 11.9 Å². The molecule has 168 valence electrons. The average molecular weight is 445 g/mol. The third kappa shape index (κ3) is 42.9. The van der Waals surface area contributed by atoms with Crippen LogP contribution in [0.2, 0.25) is 0 Å². The molecule has 0 fully saturated rings. The molecule has 4 nitrogen and oxygen atoms in total. The molecule has 0 aliphatic carbocycles. The van der Waals surface area contributed by atoms with Crippen molar-refractivity contribution >= 4 is 11.9 Å². The van der Waals surface area contributed by atoms with E-state index >= 15 is 0 Å². The number of aliphatic carboxylic acids is 2. The molecular weight excluding hydrogens is 398 g/mol. The van der Waals surface area contributed by atoms with Gasteiger partial charge in [0.1, 0.15) is 0 Å². The summed E-state index contributed by atoms with van der Waals surface area (Å²) in [5.41, 5.74) is 0. The minimum Gasteiger partial charge on any atom is -0.550 e. The summed E-state index contributed by atoms with van der Waals surface area (Å²) in [6.07, 6.45) is 22.4. The summed E-state index contributed by atoms with van der Waals surface area (Å²) in [5, 5.41) is 20.2. The van der Waals surface area contributed by atoms with Crippen LogP contribution < -0.4 is 69.3 Å². The average Bonchev–Trinajstić information content (AvgIpc) is 2.65. The monoisotopic (exact) mass is 444 g/mol. The molecule has 30 heavy (non-hydrogen) atoms. The zero-order valence-corrected chi connectivity index (χ0v) is 24.8. The SMILES string of the molecule is CCCCCCCCCC(=O)[O-].CCCCCCCCCCCCCC(=O)[O-].[Na+].[Na+]. The molecule has 0 saturated carbocycles. The number of carboxylic acids is 2. The van der Waals surface area contributed by atoms with Crippen molar-refractivity contribution in [3.63, 3.8) is 0 Å². The molecule has 0 aliphatic rings. The normalized spacial score (nSPS) is 9.67. The third-order valence-corrected chi connectivity index (χ3v) is 4.97.